The molecule has 2 aliphatic rings. The first-order valence-corrected chi connectivity index (χ1v) is 9.28. The molecule has 0 atom stereocenters. The molecule has 0 aromatic heterocycles. The van der Waals surface area contributed by atoms with E-state index >= 15 is 0 Å². The van der Waals surface area contributed by atoms with Gasteiger partial charge in [-0.3, -0.25) is 4.79 Å². The van der Waals surface area contributed by atoms with Gasteiger partial charge < -0.3 is 15.4 Å². The molecule has 0 radical (unpaired) electrons. The first-order valence-electron chi connectivity index (χ1n) is 9.28. The molecule has 1 aromatic carbocycles. The number of ether oxygens (including phenoxy) is 1. The Bertz CT molecular complexity index is 545. The molecule has 1 aromatic rings. The van der Waals surface area contributed by atoms with Crippen LogP contribution in [0.2, 0.25) is 0 Å². The second-order valence-electron chi connectivity index (χ2n) is 7.54. The number of amides is 1. The molecule has 2 N–H and O–H groups in total. The van der Waals surface area contributed by atoms with E-state index in [4.69, 9.17) is 10.5 Å². The van der Waals surface area contributed by atoms with Gasteiger partial charge in [0.2, 0.25) is 5.91 Å². The average molecular weight is 330 g/mol. The van der Waals surface area contributed by atoms with Crippen molar-refractivity contribution in [3.8, 4) is 5.75 Å². The lowest BCUT2D eigenvalue weighted by atomic mass is 9.71. The number of nitrogens with zero attached hydrogens (tertiary/aromatic N) is 1. The summed E-state index contributed by atoms with van der Waals surface area (Å²) in [4.78, 5) is 15.1. The number of hydrogen-bond acceptors (Lipinski definition) is 3. The van der Waals surface area contributed by atoms with Crippen LogP contribution in [-0.2, 0) is 11.3 Å². The van der Waals surface area contributed by atoms with Crippen molar-refractivity contribution in [3.05, 3.63) is 29.8 Å². The maximum absolute atomic E-state index is 13.0. The Balaban J connectivity index is 1.66. The van der Waals surface area contributed by atoms with Gasteiger partial charge in [0.1, 0.15) is 5.75 Å². The molecule has 2 fully saturated rings. The first-order chi connectivity index (χ1) is 11.7. The van der Waals surface area contributed by atoms with Crippen LogP contribution in [0.3, 0.4) is 0 Å². The van der Waals surface area contributed by atoms with Crippen molar-refractivity contribution in [2.75, 3.05) is 13.7 Å². The van der Waals surface area contributed by atoms with E-state index in [1.807, 2.05) is 12.1 Å². The molecular weight excluding hydrogens is 300 g/mol. The summed E-state index contributed by atoms with van der Waals surface area (Å²) in [6.45, 7) is 1.34. The fourth-order valence-corrected chi connectivity index (χ4v) is 3.91. The zero-order chi connectivity index (χ0) is 17.0. The highest BCUT2D eigenvalue weighted by Gasteiger charge is 2.38. The Morgan fingerprint density at radius 1 is 1.21 bits per heavy atom. The minimum atomic E-state index is 0.0440. The van der Waals surface area contributed by atoms with Gasteiger partial charge in [-0.05, 0) is 55.3 Å². The molecule has 4 heteroatoms. The molecule has 4 nitrogen and oxygen atoms in total. The predicted molar refractivity (Wildman–Crippen MR) is 95.8 cm³/mol. The van der Waals surface area contributed by atoms with Gasteiger partial charge in [0.25, 0.3) is 0 Å². The second-order valence-corrected chi connectivity index (χ2v) is 7.54. The summed E-state index contributed by atoms with van der Waals surface area (Å²) in [5, 5.41) is 0. The second kappa shape index (κ2) is 7.56. The third-order valence-electron chi connectivity index (χ3n) is 5.69. The molecule has 1 amide bonds. The van der Waals surface area contributed by atoms with Crippen LogP contribution in [0.15, 0.2) is 24.3 Å². The highest BCUT2D eigenvalue weighted by atomic mass is 16.5. The van der Waals surface area contributed by atoms with Crippen molar-refractivity contribution in [1.29, 1.82) is 0 Å². The number of methoxy groups -OCH3 is 1. The van der Waals surface area contributed by atoms with E-state index in [0.29, 0.717) is 31.5 Å². The van der Waals surface area contributed by atoms with E-state index in [1.165, 1.54) is 24.8 Å². The standard InChI is InChI=1S/C20H30N2O2/c1-24-18-9-5-16(6-10-18)14-22(17-7-8-17)19(23)13-20(15-21)11-3-2-4-12-20/h5-6,9-10,17H,2-4,7-8,11-15,21H2,1H3. The Kier molecular flexibility index (Phi) is 5.44. The van der Waals surface area contributed by atoms with Crippen molar-refractivity contribution in [2.45, 2.75) is 64.0 Å². The largest absolute Gasteiger partial charge is 0.497 e. The van der Waals surface area contributed by atoms with Crippen LogP contribution in [-0.4, -0.2) is 30.5 Å². The molecular formula is C20H30N2O2. The summed E-state index contributed by atoms with van der Waals surface area (Å²) in [7, 11) is 1.67. The van der Waals surface area contributed by atoms with E-state index in [-0.39, 0.29) is 5.41 Å². The SMILES string of the molecule is COc1ccc(CN(C(=O)CC2(CN)CCCCC2)C2CC2)cc1. The number of rotatable bonds is 7. The van der Waals surface area contributed by atoms with E-state index in [2.05, 4.69) is 17.0 Å². The van der Waals surface area contributed by atoms with Crippen LogP contribution in [0.25, 0.3) is 0 Å². The van der Waals surface area contributed by atoms with E-state index in [0.717, 1.165) is 31.4 Å². The molecule has 0 unspecified atom stereocenters. The van der Waals surface area contributed by atoms with Gasteiger partial charge in [0, 0.05) is 19.0 Å². The Morgan fingerprint density at radius 2 is 1.88 bits per heavy atom. The third kappa shape index (κ3) is 4.10. The lowest BCUT2D eigenvalue weighted by Crippen LogP contribution is -2.41. The van der Waals surface area contributed by atoms with Crippen LogP contribution in [0.4, 0.5) is 0 Å². The van der Waals surface area contributed by atoms with E-state index in [9.17, 15) is 4.79 Å². The predicted octanol–water partition coefficient (Wildman–Crippen LogP) is 3.49. The molecule has 0 bridgehead atoms. The number of hydrogen-bond donors (Lipinski definition) is 1. The topological polar surface area (TPSA) is 55.6 Å². The first kappa shape index (κ1) is 17.3. The summed E-state index contributed by atoms with van der Waals surface area (Å²) < 4.78 is 5.22. The highest BCUT2D eigenvalue weighted by Crippen LogP contribution is 2.40. The van der Waals surface area contributed by atoms with Gasteiger partial charge in [0.15, 0.2) is 0 Å². The van der Waals surface area contributed by atoms with Crippen molar-refractivity contribution in [1.82, 2.24) is 4.90 Å². The molecule has 3 rings (SSSR count). The molecule has 0 saturated heterocycles. The zero-order valence-electron chi connectivity index (χ0n) is 14.8. The van der Waals surface area contributed by atoms with Crippen molar-refractivity contribution in [3.63, 3.8) is 0 Å². The van der Waals surface area contributed by atoms with Crippen molar-refractivity contribution >= 4 is 5.91 Å². The quantitative estimate of drug-likeness (QED) is 0.832. The Morgan fingerprint density at radius 3 is 2.42 bits per heavy atom. The fourth-order valence-electron chi connectivity index (χ4n) is 3.91. The van der Waals surface area contributed by atoms with Crippen molar-refractivity contribution in [2.24, 2.45) is 11.1 Å². The summed E-state index contributed by atoms with van der Waals surface area (Å²) in [6, 6.07) is 8.47. The summed E-state index contributed by atoms with van der Waals surface area (Å²) in [6.07, 6.45) is 8.82. The van der Waals surface area contributed by atoms with E-state index in [1.54, 1.807) is 7.11 Å². The van der Waals surface area contributed by atoms with Crippen LogP contribution in [0.5, 0.6) is 5.75 Å². The molecule has 2 aliphatic carbocycles. The summed E-state index contributed by atoms with van der Waals surface area (Å²) in [5.74, 6) is 1.15. The average Bonchev–Trinajstić information content (AvgIpc) is 3.46. The van der Waals surface area contributed by atoms with Crippen LogP contribution in [0, 0.1) is 5.41 Å². The molecule has 24 heavy (non-hydrogen) atoms. The number of carbonyl (C=O) groups excluding carboxylic acids is 1. The van der Waals surface area contributed by atoms with Gasteiger partial charge in [-0.1, -0.05) is 31.4 Å². The third-order valence-corrected chi connectivity index (χ3v) is 5.69. The van der Waals surface area contributed by atoms with Crippen LogP contribution in [0.1, 0.15) is 56.9 Å². The monoisotopic (exact) mass is 330 g/mol. The van der Waals surface area contributed by atoms with Gasteiger partial charge >= 0.3 is 0 Å². The fraction of sp³-hybridized carbons (Fsp3) is 0.650. The van der Waals surface area contributed by atoms with Gasteiger partial charge in [-0.2, -0.15) is 0 Å². The molecule has 0 spiro atoms. The van der Waals surface area contributed by atoms with Crippen molar-refractivity contribution < 1.29 is 9.53 Å². The smallest absolute Gasteiger partial charge is 0.223 e. The van der Waals surface area contributed by atoms with Gasteiger partial charge in [-0.15, -0.1) is 0 Å². The zero-order valence-corrected chi connectivity index (χ0v) is 14.8. The molecule has 0 heterocycles. The molecule has 132 valence electrons. The summed E-state index contributed by atoms with van der Waals surface area (Å²) >= 11 is 0. The summed E-state index contributed by atoms with van der Waals surface area (Å²) in [5.41, 5.74) is 7.29. The minimum absolute atomic E-state index is 0.0440. The van der Waals surface area contributed by atoms with E-state index < -0.39 is 0 Å². The van der Waals surface area contributed by atoms with Crippen LogP contribution >= 0.6 is 0 Å². The number of nitrogens with two attached hydrogens (primary N) is 1. The van der Waals surface area contributed by atoms with Gasteiger partial charge in [0.05, 0.1) is 7.11 Å². The Hall–Kier alpha value is -1.55. The number of benzene rings is 1. The Labute approximate surface area is 145 Å². The minimum Gasteiger partial charge on any atom is -0.497 e. The number of carbonyl (C=O) groups is 1. The normalized spacial score (nSPS) is 19.8. The maximum atomic E-state index is 13.0. The van der Waals surface area contributed by atoms with Gasteiger partial charge in [-0.25, -0.2) is 0 Å². The van der Waals surface area contributed by atoms with Crippen LogP contribution < -0.4 is 10.5 Å². The molecule has 2 saturated carbocycles. The maximum Gasteiger partial charge on any atom is 0.223 e. The highest BCUT2D eigenvalue weighted by molar-refractivity contribution is 5.77. The lowest BCUT2D eigenvalue weighted by molar-refractivity contribution is -0.135. The molecule has 0 aliphatic heterocycles. The lowest BCUT2D eigenvalue weighted by Gasteiger charge is -2.37.